The molecule has 1 unspecified atom stereocenters. The molecule has 0 saturated carbocycles. The predicted octanol–water partition coefficient (Wildman–Crippen LogP) is 3.90. The molecule has 0 aliphatic carbocycles. The molecule has 0 amide bonds. The van der Waals surface area contributed by atoms with Gasteiger partial charge in [0.1, 0.15) is 5.75 Å². The molecule has 1 aromatic rings. The van der Waals surface area contributed by atoms with E-state index < -0.39 is 6.10 Å². The number of ether oxygens (including phenoxy) is 1. The summed E-state index contributed by atoms with van der Waals surface area (Å²) in [5.41, 5.74) is 2.39. The quantitative estimate of drug-likeness (QED) is 0.807. The molecule has 0 bridgehead atoms. The molecule has 0 aliphatic heterocycles. The highest BCUT2D eigenvalue weighted by Crippen LogP contribution is 2.33. The zero-order valence-corrected chi connectivity index (χ0v) is 12.3. The van der Waals surface area contributed by atoms with E-state index in [1.165, 1.54) is 5.56 Å². The van der Waals surface area contributed by atoms with E-state index in [0.29, 0.717) is 0 Å². The van der Waals surface area contributed by atoms with Gasteiger partial charge in [-0.3, -0.25) is 4.79 Å². The molecule has 0 heterocycles. The van der Waals surface area contributed by atoms with E-state index in [2.05, 4.69) is 45.9 Å². The molecule has 0 N–H and O–H groups in total. The van der Waals surface area contributed by atoms with Crippen molar-refractivity contribution >= 4 is 5.78 Å². The summed E-state index contributed by atoms with van der Waals surface area (Å²) in [6.45, 7) is 11.9. The van der Waals surface area contributed by atoms with E-state index in [0.717, 1.165) is 17.7 Å². The normalized spacial score (nSPS) is 13.2. The van der Waals surface area contributed by atoms with Gasteiger partial charge in [0, 0.05) is 0 Å². The Bertz CT molecular complexity index is 427. The molecule has 2 heteroatoms. The first-order valence-electron chi connectivity index (χ1n) is 6.56. The third kappa shape index (κ3) is 3.59. The first-order valence-corrected chi connectivity index (χ1v) is 6.56. The van der Waals surface area contributed by atoms with Gasteiger partial charge in [0.15, 0.2) is 11.9 Å². The molecule has 0 aromatic heterocycles. The van der Waals surface area contributed by atoms with Crippen molar-refractivity contribution in [1.29, 1.82) is 0 Å². The number of aryl methyl sites for hydroxylation is 1. The lowest BCUT2D eigenvalue weighted by Gasteiger charge is -2.25. The third-order valence-corrected chi connectivity index (χ3v) is 3.14. The molecule has 0 fully saturated rings. The van der Waals surface area contributed by atoms with E-state index in [9.17, 15) is 4.79 Å². The van der Waals surface area contributed by atoms with Crippen LogP contribution in [0.25, 0.3) is 0 Å². The Hall–Kier alpha value is -1.31. The van der Waals surface area contributed by atoms with Gasteiger partial charge in [-0.15, -0.1) is 0 Å². The summed E-state index contributed by atoms with van der Waals surface area (Å²) >= 11 is 0. The third-order valence-electron chi connectivity index (χ3n) is 3.14. The first kappa shape index (κ1) is 14.7. The van der Waals surface area contributed by atoms with E-state index in [4.69, 9.17) is 4.74 Å². The molecule has 0 saturated heterocycles. The maximum atomic E-state index is 11.3. The number of Topliss-reactive ketones (excluding diaryl/α,β-unsaturated/α-hetero) is 1. The molecule has 1 atom stereocenters. The van der Waals surface area contributed by atoms with Gasteiger partial charge in [-0.25, -0.2) is 0 Å². The van der Waals surface area contributed by atoms with Crippen molar-refractivity contribution in [2.75, 3.05) is 0 Å². The fourth-order valence-corrected chi connectivity index (χ4v) is 1.78. The number of rotatable bonds is 4. The van der Waals surface area contributed by atoms with Crippen molar-refractivity contribution in [2.24, 2.45) is 0 Å². The van der Waals surface area contributed by atoms with Gasteiger partial charge in [0.05, 0.1) is 0 Å². The summed E-state index contributed by atoms with van der Waals surface area (Å²) in [6, 6.07) is 6.30. The first-order chi connectivity index (χ1) is 8.25. The number of carbonyl (C=O) groups excluding carboxylic acids is 1. The average Bonchev–Trinajstić information content (AvgIpc) is 2.27. The van der Waals surface area contributed by atoms with E-state index in [-0.39, 0.29) is 11.2 Å². The van der Waals surface area contributed by atoms with Crippen LogP contribution in [-0.2, 0) is 16.6 Å². The molecule has 0 spiro atoms. The molecule has 0 radical (unpaired) electrons. The van der Waals surface area contributed by atoms with Crippen LogP contribution in [0.1, 0.15) is 52.7 Å². The van der Waals surface area contributed by atoms with Crippen LogP contribution in [0.5, 0.6) is 5.75 Å². The Morgan fingerprint density at radius 3 is 2.39 bits per heavy atom. The fourth-order valence-electron chi connectivity index (χ4n) is 1.78. The zero-order valence-electron chi connectivity index (χ0n) is 12.3. The molecular formula is C16H24O2. The maximum absolute atomic E-state index is 11.3. The maximum Gasteiger partial charge on any atom is 0.169 e. The number of hydrogen-bond acceptors (Lipinski definition) is 2. The van der Waals surface area contributed by atoms with Crippen LogP contribution >= 0.6 is 0 Å². The second-order valence-electron chi connectivity index (χ2n) is 5.80. The second kappa shape index (κ2) is 5.55. The summed E-state index contributed by atoms with van der Waals surface area (Å²) in [5.74, 6) is 0.890. The SMILES string of the molecule is CCc1ccc(C(C)(C)C)c(OC(C)C(C)=O)c1. The number of carbonyl (C=O) groups is 1. The zero-order chi connectivity index (χ0) is 13.9. The van der Waals surface area contributed by atoms with Gasteiger partial charge in [0.2, 0.25) is 0 Å². The highest BCUT2D eigenvalue weighted by molar-refractivity contribution is 5.80. The van der Waals surface area contributed by atoms with Crippen molar-refractivity contribution in [2.45, 2.75) is 59.5 Å². The van der Waals surface area contributed by atoms with Crippen molar-refractivity contribution in [3.05, 3.63) is 29.3 Å². The predicted molar refractivity (Wildman–Crippen MR) is 75.3 cm³/mol. The highest BCUT2D eigenvalue weighted by atomic mass is 16.5. The van der Waals surface area contributed by atoms with Gasteiger partial charge < -0.3 is 4.74 Å². The lowest BCUT2D eigenvalue weighted by atomic mass is 9.85. The molecule has 18 heavy (non-hydrogen) atoms. The fraction of sp³-hybridized carbons (Fsp3) is 0.562. The van der Waals surface area contributed by atoms with Gasteiger partial charge >= 0.3 is 0 Å². The van der Waals surface area contributed by atoms with Gasteiger partial charge in [-0.1, -0.05) is 39.8 Å². The van der Waals surface area contributed by atoms with E-state index >= 15 is 0 Å². The minimum atomic E-state index is -0.391. The van der Waals surface area contributed by atoms with Crippen LogP contribution in [0.15, 0.2) is 18.2 Å². The number of benzene rings is 1. The Balaban J connectivity index is 3.16. The Kier molecular flexibility index (Phi) is 4.55. The monoisotopic (exact) mass is 248 g/mol. The number of ketones is 1. The topological polar surface area (TPSA) is 26.3 Å². The Morgan fingerprint density at radius 2 is 1.94 bits per heavy atom. The molecule has 100 valence electrons. The van der Waals surface area contributed by atoms with Crippen molar-refractivity contribution in [1.82, 2.24) is 0 Å². The number of hydrogen-bond donors (Lipinski definition) is 0. The Labute approximate surface area is 110 Å². The summed E-state index contributed by atoms with van der Waals surface area (Å²) in [5, 5.41) is 0. The standard InChI is InChI=1S/C16H24O2/c1-7-13-8-9-14(16(4,5)6)15(10-13)18-12(3)11(2)17/h8-10,12H,7H2,1-6H3. The van der Waals surface area contributed by atoms with Gasteiger partial charge in [-0.2, -0.15) is 0 Å². The van der Waals surface area contributed by atoms with Crippen molar-refractivity contribution in [3.63, 3.8) is 0 Å². The Morgan fingerprint density at radius 1 is 1.33 bits per heavy atom. The molecule has 2 nitrogen and oxygen atoms in total. The minimum Gasteiger partial charge on any atom is -0.483 e. The lowest BCUT2D eigenvalue weighted by molar-refractivity contribution is -0.122. The van der Waals surface area contributed by atoms with Gasteiger partial charge in [-0.05, 0) is 42.9 Å². The highest BCUT2D eigenvalue weighted by Gasteiger charge is 2.21. The van der Waals surface area contributed by atoms with Crippen LogP contribution in [0, 0.1) is 0 Å². The summed E-state index contributed by atoms with van der Waals surface area (Å²) in [6.07, 6.45) is 0.577. The van der Waals surface area contributed by atoms with Crippen molar-refractivity contribution < 1.29 is 9.53 Å². The van der Waals surface area contributed by atoms with E-state index in [1.807, 2.05) is 0 Å². The summed E-state index contributed by atoms with van der Waals surface area (Å²) in [7, 11) is 0. The van der Waals surface area contributed by atoms with Crippen LogP contribution in [0.4, 0.5) is 0 Å². The summed E-state index contributed by atoms with van der Waals surface area (Å²) in [4.78, 5) is 11.3. The van der Waals surface area contributed by atoms with Crippen LogP contribution in [0.3, 0.4) is 0 Å². The van der Waals surface area contributed by atoms with E-state index in [1.54, 1.807) is 13.8 Å². The lowest BCUT2D eigenvalue weighted by Crippen LogP contribution is -2.23. The van der Waals surface area contributed by atoms with Crippen LogP contribution in [-0.4, -0.2) is 11.9 Å². The second-order valence-corrected chi connectivity index (χ2v) is 5.80. The molecular weight excluding hydrogens is 224 g/mol. The smallest absolute Gasteiger partial charge is 0.169 e. The molecule has 0 aliphatic rings. The van der Waals surface area contributed by atoms with Crippen LogP contribution < -0.4 is 4.74 Å². The summed E-state index contributed by atoms with van der Waals surface area (Å²) < 4.78 is 5.83. The average molecular weight is 248 g/mol. The van der Waals surface area contributed by atoms with Crippen LogP contribution in [0.2, 0.25) is 0 Å². The van der Waals surface area contributed by atoms with Gasteiger partial charge in [0.25, 0.3) is 0 Å². The molecule has 1 aromatic carbocycles. The largest absolute Gasteiger partial charge is 0.483 e. The minimum absolute atomic E-state index is 0.0120. The van der Waals surface area contributed by atoms with Crippen molar-refractivity contribution in [3.8, 4) is 5.75 Å². The molecule has 1 rings (SSSR count).